The second kappa shape index (κ2) is 7.87. The lowest BCUT2D eigenvalue weighted by molar-refractivity contribution is 0.417. The van der Waals surface area contributed by atoms with Crippen LogP contribution in [0.25, 0.3) is 33.8 Å². The number of aromatic nitrogens is 4. The van der Waals surface area contributed by atoms with Crippen LogP contribution in [0.5, 0.6) is 17.4 Å². The highest BCUT2D eigenvalue weighted by molar-refractivity contribution is 5.89. The Hall–Kier alpha value is -4.26. The standard InChI is InChI=1S/C24H18N4O3/c1-15-6-8-18(9-7-15)30-23-19(14-17-4-3-5-20(29-2)21(17)26-23)24-28-27-22(31-24)16-10-12-25-13-11-16/h3-14H,1-2H3. The van der Waals surface area contributed by atoms with Crippen molar-refractivity contribution in [3.05, 3.63) is 78.6 Å². The van der Waals surface area contributed by atoms with Crippen LogP contribution in [0.1, 0.15) is 5.56 Å². The van der Waals surface area contributed by atoms with Crippen molar-refractivity contribution in [1.29, 1.82) is 0 Å². The first-order valence-corrected chi connectivity index (χ1v) is 9.68. The molecule has 0 fully saturated rings. The number of fused-ring (bicyclic) bond motifs is 1. The van der Waals surface area contributed by atoms with Gasteiger partial charge in [0.25, 0.3) is 5.89 Å². The van der Waals surface area contributed by atoms with Gasteiger partial charge in [-0.15, -0.1) is 10.2 Å². The van der Waals surface area contributed by atoms with Crippen molar-refractivity contribution in [3.8, 4) is 40.3 Å². The molecule has 0 amide bonds. The van der Waals surface area contributed by atoms with E-state index in [1.807, 2.05) is 67.6 Å². The maximum Gasteiger partial charge on any atom is 0.253 e. The Labute approximate surface area is 178 Å². The summed E-state index contributed by atoms with van der Waals surface area (Å²) in [4.78, 5) is 8.76. The molecular formula is C24H18N4O3. The van der Waals surface area contributed by atoms with E-state index < -0.39 is 0 Å². The zero-order valence-corrected chi connectivity index (χ0v) is 16.9. The fourth-order valence-electron chi connectivity index (χ4n) is 3.21. The van der Waals surface area contributed by atoms with Crippen molar-refractivity contribution in [2.45, 2.75) is 6.92 Å². The van der Waals surface area contributed by atoms with Gasteiger partial charge in [-0.3, -0.25) is 4.98 Å². The molecule has 0 aliphatic carbocycles. The molecule has 3 heterocycles. The quantitative estimate of drug-likeness (QED) is 0.381. The third-order valence-electron chi connectivity index (χ3n) is 4.81. The van der Waals surface area contributed by atoms with Crippen LogP contribution >= 0.6 is 0 Å². The van der Waals surface area contributed by atoms with E-state index in [0.29, 0.717) is 40.2 Å². The van der Waals surface area contributed by atoms with Gasteiger partial charge in [-0.25, -0.2) is 4.98 Å². The van der Waals surface area contributed by atoms with E-state index in [1.165, 1.54) is 0 Å². The van der Waals surface area contributed by atoms with Crippen molar-refractivity contribution in [2.75, 3.05) is 7.11 Å². The van der Waals surface area contributed by atoms with E-state index in [0.717, 1.165) is 16.5 Å². The van der Waals surface area contributed by atoms with Gasteiger partial charge in [-0.05, 0) is 43.3 Å². The average Bonchev–Trinajstić information content (AvgIpc) is 3.30. The summed E-state index contributed by atoms with van der Waals surface area (Å²) in [6.45, 7) is 2.02. The molecule has 0 radical (unpaired) electrons. The summed E-state index contributed by atoms with van der Waals surface area (Å²) < 4.78 is 17.6. The molecule has 2 aromatic carbocycles. The first kappa shape index (κ1) is 18.7. The smallest absolute Gasteiger partial charge is 0.253 e. The van der Waals surface area contributed by atoms with Gasteiger partial charge in [0, 0.05) is 23.3 Å². The molecule has 0 atom stereocenters. The lowest BCUT2D eigenvalue weighted by Crippen LogP contribution is -1.95. The Kier molecular flexibility index (Phi) is 4.76. The Morgan fingerprint density at radius 1 is 0.871 bits per heavy atom. The Bertz CT molecular complexity index is 1350. The molecule has 0 unspecified atom stereocenters. The lowest BCUT2D eigenvalue weighted by Gasteiger charge is -2.11. The number of rotatable bonds is 5. The Morgan fingerprint density at radius 2 is 1.65 bits per heavy atom. The van der Waals surface area contributed by atoms with Gasteiger partial charge >= 0.3 is 0 Å². The number of ether oxygens (including phenoxy) is 2. The van der Waals surface area contributed by atoms with Gasteiger partial charge in [0.1, 0.15) is 22.6 Å². The molecule has 5 aromatic rings. The van der Waals surface area contributed by atoms with E-state index >= 15 is 0 Å². The van der Waals surface area contributed by atoms with Gasteiger partial charge in [-0.2, -0.15) is 0 Å². The van der Waals surface area contributed by atoms with Crippen LogP contribution in [0, 0.1) is 6.92 Å². The normalized spacial score (nSPS) is 10.9. The molecule has 0 spiro atoms. The second-order valence-electron chi connectivity index (χ2n) is 6.94. The van der Waals surface area contributed by atoms with E-state index in [4.69, 9.17) is 18.9 Å². The molecule has 7 heteroatoms. The molecule has 0 aliphatic rings. The van der Waals surface area contributed by atoms with E-state index in [9.17, 15) is 0 Å². The number of hydrogen-bond acceptors (Lipinski definition) is 7. The molecule has 0 aliphatic heterocycles. The third kappa shape index (κ3) is 3.69. The van der Waals surface area contributed by atoms with Crippen molar-refractivity contribution in [3.63, 3.8) is 0 Å². The predicted molar refractivity (Wildman–Crippen MR) is 116 cm³/mol. The topological polar surface area (TPSA) is 83.2 Å². The van der Waals surface area contributed by atoms with Crippen molar-refractivity contribution < 1.29 is 13.9 Å². The van der Waals surface area contributed by atoms with Gasteiger partial charge in [0.05, 0.1) is 7.11 Å². The fraction of sp³-hybridized carbons (Fsp3) is 0.0833. The SMILES string of the molecule is COc1cccc2cc(-c3nnc(-c4ccncc4)o3)c(Oc3ccc(C)cc3)nc12. The molecule has 7 nitrogen and oxygen atoms in total. The van der Waals surface area contributed by atoms with Crippen LogP contribution in [0.4, 0.5) is 0 Å². The molecule has 5 rings (SSSR count). The highest BCUT2D eigenvalue weighted by atomic mass is 16.5. The van der Waals surface area contributed by atoms with E-state index in [1.54, 1.807) is 19.5 Å². The monoisotopic (exact) mass is 410 g/mol. The van der Waals surface area contributed by atoms with Gasteiger partial charge in [-0.1, -0.05) is 29.8 Å². The van der Waals surface area contributed by atoms with Crippen molar-refractivity contribution in [1.82, 2.24) is 20.2 Å². The van der Waals surface area contributed by atoms with Crippen LogP contribution in [-0.2, 0) is 0 Å². The minimum absolute atomic E-state index is 0.311. The van der Waals surface area contributed by atoms with Crippen LogP contribution in [0.3, 0.4) is 0 Å². The first-order chi connectivity index (χ1) is 15.2. The average molecular weight is 410 g/mol. The number of nitrogens with zero attached hydrogens (tertiary/aromatic N) is 4. The van der Waals surface area contributed by atoms with E-state index in [-0.39, 0.29) is 0 Å². The number of methoxy groups -OCH3 is 1. The summed E-state index contributed by atoms with van der Waals surface area (Å²) in [7, 11) is 1.61. The minimum Gasteiger partial charge on any atom is -0.494 e. The largest absolute Gasteiger partial charge is 0.494 e. The highest BCUT2D eigenvalue weighted by Crippen LogP contribution is 2.37. The summed E-state index contributed by atoms with van der Waals surface area (Å²) in [5, 5.41) is 9.29. The Morgan fingerprint density at radius 3 is 2.42 bits per heavy atom. The summed E-state index contributed by atoms with van der Waals surface area (Å²) in [6, 6.07) is 19.0. The molecule has 152 valence electrons. The second-order valence-corrected chi connectivity index (χ2v) is 6.94. The zero-order valence-electron chi connectivity index (χ0n) is 16.9. The number of para-hydroxylation sites is 1. The maximum atomic E-state index is 6.14. The van der Waals surface area contributed by atoms with Gasteiger partial charge in [0.2, 0.25) is 11.8 Å². The zero-order chi connectivity index (χ0) is 21.2. The molecular weight excluding hydrogens is 392 g/mol. The van der Waals surface area contributed by atoms with E-state index in [2.05, 4.69) is 15.2 Å². The summed E-state index contributed by atoms with van der Waals surface area (Å²) in [5.41, 5.74) is 3.20. The third-order valence-corrected chi connectivity index (χ3v) is 4.81. The Balaban J connectivity index is 1.65. The number of pyridine rings is 2. The van der Waals surface area contributed by atoms with Crippen LogP contribution in [0.2, 0.25) is 0 Å². The number of aryl methyl sites for hydroxylation is 1. The summed E-state index contributed by atoms with van der Waals surface area (Å²) in [6.07, 6.45) is 3.35. The van der Waals surface area contributed by atoms with Crippen LogP contribution in [0.15, 0.2) is 77.5 Å². The summed E-state index contributed by atoms with van der Waals surface area (Å²) >= 11 is 0. The maximum absolute atomic E-state index is 6.14. The molecule has 0 saturated heterocycles. The molecule has 3 aromatic heterocycles. The van der Waals surface area contributed by atoms with Crippen LogP contribution in [-0.4, -0.2) is 27.3 Å². The molecule has 0 saturated carbocycles. The molecule has 31 heavy (non-hydrogen) atoms. The molecule has 0 bridgehead atoms. The first-order valence-electron chi connectivity index (χ1n) is 9.68. The highest BCUT2D eigenvalue weighted by Gasteiger charge is 2.19. The van der Waals surface area contributed by atoms with Gasteiger partial charge in [0.15, 0.2) is 0 Å². The number of benzene rings is 2. The fourth-order valence-corrected chi connectivity index (χ4v) is 3.21. The molecule has 0 N–H and O–H groups in total. The van der Waals surface area contributed by atoms with Gasteiger partial charge < -0.3 is 13.9 Å². The van der Waals surface area contributed by atoms with Crippen LogP contribution < -0.4 is 9.47 Å². The van der Waals surface area contributed by atoms with Crippen molar-refractivity contribution >= 4 is 10.9 Å². The summed E-state index contributed by atoms with van der Waals surface area (Å²) in [5.74, 6) is 2.37. The minimum atomic E-state index is 0.311. The predicted octanol–water partition coefficient (Wildman–Crippen LogP) is 5.46. The number of hydrogen-bond donors (Lipinski definition) is 0. The lowest BCUT2D eigenvalue weighted by atomic mass is 10.1. The van der Waals surface area contributed by atoms with Crippen molar-refractivity contribution in [2.24, 2.45) is 0 Å².